The fraction of sp³-hybridized carbons (Fsp3) is 0.333. The van der Waals surface area contributed by atoms with Crippen molar-refractivity contribution in [2.45, 2.75) is 13.5 Å². The maximum absolute atomic E-state index is 11.4. The van der Waals surface area contributed by atoms with Gasteiger partial charge in [-0.1, -0.05) is 15.9 Å². The molecule has 0 saturated carbocycles. The molecule has 0 aromatic heterocycles. The molecule has 0 aliphatic heterocycles. The molecule has 1 N–H and O–H groups in total. The number of rotatable bonds is 4. The minimum absolute atomic E-state index is 0.173. The molecule has 0 heterocycles. The molecule has 0 radical (unpaired) electrons. The van der Waals surface area contributed by atoms with E-state index < -0.39 is 11.9 Å². The number of amides is 1. The summed E-state index contributed by atoms with van der Waals surface area (Å²) in [6, 6.07) is 5.41. The van der Waals surface area contributed by atoms with E-state index in [-0.39, 0.29) is 13.2 Å². The van der Waals surface area contributed by atoms with E-state index in [1.807, 2.05) is 12.1 Å². The Morgan fingerprint density at radius 3 is 2.72 bits per heavy atom. The molecule has 5 nitrogen and oxygen atoms in total. The number of nitrogens with one attached hydrogen (secondary N) is 1. The Labute approximate surface area is 114 Å². The number of hydrogen-bond donors (Lipinski definition) is 1. The Morgan fingerprint density at radius 1 is 1.39 bits per heavy atom. The van der Waals surface area contributed by atoms with Crippen LogP contribution in [0, 0.1) is 0 Å². The van der Waals surface area contributed by atoms with Crippen molar-refractivity contribution in [3.05, 3.63) is 28.2 Å². The quantitative estimate of drug-likeness (QED) is 0.677. The maximum Gasteiger partial charge on any atom is 0.396 e. The summed E-state index contributed by atoms with van der Waals surface area (Å²) in [6.07, 6.45) is 0. The second kappa shape index (κ2) is 7.00. The number of methoxy groups -OCH3 is 1. The SMILES string of the molecule is CCOC(=O)C(=O)NCc1cc(Br)ccc1OC. The molecule has 0 aliphatic rings. The number of halogens is 1. The summed E-state index contributed by atoms with van der Waals surface area (Å²) in [5, 5.41) is 2.47. The van der Waals surface area contributed by atoms with E-state index >= 15 is 0 Å². The van der Waals surface area contributed by atoms with Crippen LogP contribution in [0.4, 0.5) is 0 Å². The van der Waals surface area contributed by atoms with Gasteiger partial charge in [0.2, 0.25) is 0 Å². The molecule has 1 aromatic rings. The summed E-state index contributed by atoms with van der Waals surface area (Å²) in [7, 11) is 1.54. The van der Waals surface area contributed by atoms with Crippen LogP contribution < -0.4 is 10.1 Å². The summed E-state index contributed by atoms with van der Waals surface area (Å²) in [5.74, 6) is -1.01. The van der Waals surface area contributed by atoms with Gasteiger partial charge in [0.25, 0.3) is 0 Å². The van der Waals surface area contributed by atoms with Gasteiger partial charge >= 0.3 is 11.9 Å². The molecule has 1 aromatic carbocycles. The molecule has 18 heavy (non-hydrogen) atoms. The predicted octanol–water partition coefficient (Wildman–Crippen LogP) is 1.64. The zero-order valence-electron chi connectivity index (χ0n) is 10.2. The van der Waals surface area contributed by atoms with Crippen LogP contribution in [0.1, 0.15) is 12.5 Å². The van der Waals surface area contributed by atoms with Crippen LogP contribution in [0.5, 0.6) is 5.75 Å². The van der Waals surface area contributed by atoms with Crippen molar-refractivity contribution in [1.82, 2.24) is 5.32 Å². The van der Waals surface area contributed by atoms with Gasteiger partial charge in [0.1, 0.15) is 5.75 Å². The third kappa shape index (κ3) is 4.03. The molecular weight excluding hydrogens is 302 g/mol. The lowest BCUT2D eigenvalue weighted by atomic mass is 10.2. The van der Waals surface area contributed by atoms with Gasteiger partial charge in [0.15, 0.2) is 0 Å². The summed E-state index contributed by atoms with van der Waals surface area (Å²) in [4.78, 5) is 22.5. The molecule has 0 unspecified atom stereocenters. The first kappa shape index (κ1) is 14.5. The standard InChI is InChI=1S/C12H14BrNO4/c1-3-18-12(16)11(15)14-7-8-6-9(13)4-5-10(8)17-2/h4-6H,3,7H2,1-2H3,(H,14,15). The average molecular weight is 316 g/mol. The van der Waals surface area contributed by atoms with Crippen LogP contribution in [0.2, 0.25) is 0 Å². The molecule has 0 saturated heterocycles. The highest BCUT2D eigenvalue weighted by atomic mass is 79.9. The van der Waals surface area contributed by atoms with Crippen LogP contribution in [-0.2, 0) is 20.9 Å². The van der Waals surface area contributed by atoms with Crippen LogP contribution in [0.15, 0.2) is 22.7 Å². The van der Waals surface area contributed by atoms with Crippen molar-refractivity contribution in [3.8, 4) is 5.75 Å². The lowest BCUT2D eigenvalue weighted by molar-refractivity contribution is -0.154. The van der Waals surface area contributed by atoms with Crippen LogP contribution in [-0.4, -0.2) is 25.6 Å². The Morgan fingerprint density at radius 2 is 2.11 bits per heavy atom. The van der Waals surface area contributed by atoms with Crippen molar-refractivity contribution in [2.24, 2.45) is 0 Å². The number of ether oxygens (including phenoxy) is 2. The lowest BCUT2D eigenvalue weighted by Gasteiger charge is -2.09. The molecule has 0 aliphatic carbocycles. The highest BCUT2D eigenvalue weighted by Crippen LogP contribution is 2.22. The minimum Gasteiger partial charge on any atom is -0.496 e. The monoisotopic (exact) mass is 315 g/mol. The fourth-order valence-electron chi connectivity index (χ4n) is 1.33. The third-order valence-electron chi connectivity index (χ3n) is 2.14. The van der Waals surface area contributed by atoms with Crippen LogP contribution in [0.25, 0.3) is 0 Å². The van der Waals surface area contributed by atoms with E-state index in [1.54, 1.807) is 20.1 Å². The number of hydrogen-bond acceptors (Lipinski definition) is 4. The average Bonchev–Trinajstić information content (AvgIpc) is 2.36. The van der Waals surface area contributed by atoms with Gasteiger partial charge < -0.3 is 14.8 Å². The van der Waals surface area contributed by atoms with Gasteiger partial charge in [-0.25, -0.2) is 4.79 Å². The Hall–Kier alpha value is -1.56. The molecule has 0 atom stereocenters. The van der Waals surface area contributed by atoms with Crippen molar-refractivity contribution in [3.63, 3.8) is 0 Å². The lowest BCUT2D eigenvalue weighted by Crippen LogP contribution is -2.32. The van der Waals surface area contributed by atoms with E-state index in [4.69, 9.17) is 4.74 Å². The molecular formula is C12H14BrNO4. The Balaban J connectivity index is 2.65. The maximum atomic E-state index is 11.4. The van der Waals surface area contributed by atoms with Crippen molar-refractivity contribution in [1.29, 1.82) is 0 Å². The molecule has 6 heteroatoms. The molecule has 0 fully saturated rings. The summed E-state index contributed by atoms with van der Waals surface area (Å²) >= 11 is 3.33. The van der Waals surface area contributed by atoms with E-state index in [9.17, 15) is 9.59 Å². The highest BCUT2D eigenvalue weighted by molar-refractivity contribution is 9.10. The highest BCUT2D eigenvalue weighted by Gasteiger charge is 2.14. The van der Waals surface area contributed by atoms with E-state index in [2.05, 4.69) is 26.0 Å². The van der Waals surface area contributed by atoms with E-state index in [1.165, 1.54) is 0 Å². The zero-order valence-corrected chi connectivity index (χ0v) is 11.7. The zero-order chi connectivity index (χ0) is 13.5. The predicted molar refractivity (Wildman–Crippen MR) is 69.2 cm³/mol. The van der Waals surface area contributed by atoms with Crippen LogP contribution in [0.3, 0.4) is 0 Å². The second-order valence-corrected chi connectivity index (χ2v) is 4.27. The summed E-state index contributed by atoms with van der Waals surface area (Å²) in [6.45, 7) is 2.01. The molecule has 98 valence electrons. The first-order valence-corrected chi connectivity index (χ1v) is 6.15. The van der Waals surface area contributed by atoms with Crippen molar-refractivity contribution < 1.29 is 19.1 Å². The smallest absolute Gasteiger partial charge is 0.396 e. The molecule has 1 amide bonds. The number of esters is 1. The second-order valence-electron chi connectivity index (χ2n) is 3.36. The van der Waals surface area contributed by atoms with Gasteiger partial charge in [-0.2, -0.15) is 0 Å². The van der Waals surface area contributed by atoms with Crippen molar-refractivity contribution >= 4 is 27.8 Å². The minimum atomic E-state index is -0.883. The Kier molecular flexibility index (Phi) is 5.64. The van der Waals surface area contributed by atoms with E-state index in [0.29, 0.717) is 5.75 Å². The molecule has 0 bridgehead atoms. The van der Waals surface area contributed by atoms with Crippen molar-refractivity contribution in [2.75, 3.05) is 13.7 Å². The van der Waals surface area contributed by atoms with Gasteiger partial charge in [-0.3, -0.25) is 4.79 Å². The largest absolute Gasteiger partial charge is 0.496 e. The summed E-state index contributed by atoms with van der Waals surface area (Å²) < 4.78 is 10.6. The van der Waals surface area contributed by atoms with E-state index in [0.717, 1.165) is 10.0 Å². The number of carbonyl (C=O) groups is 2. The number of benzene rings is 1. The summed E-state index contributed by atoms with van der Waals surface area (Å²) in [5.41, 5.74) is 0.768. The topological polar surface area (TPSA) is 64.6 Å². The van der Waals surface area contributed by atoms with Gasteiger partial charge in [0.05, 0.1) is 13.7 Å². The molecule has 1 rings (SSSR count). The Bertz CT molecular complexity index is 448. The fourth-order valence-corrected chi connectivity index (χ4v) is 1.74. The van der Waals surface area contributed by atoms with Gasteiger partial charge in [-0.15, -0.1) is 0 Å². The van der Waals surface area contributed by atoms with Crippen LogP contribution >= 0.6 is 15.9 Å². The molecule has 0 spiro atoms. The third-order valence-corrected chi connectivity index (χ3v) is 2.64. The van der Waals surface area contributed by atoms with Gasteiger partial charge in [0, 0.05) is 16.6 Å². The first-order valence-electron chi connectivity index (χ1n) is 5.35. The number of carbonyl (C=O) groups excluding carboxylic acids is 2. The normalized spacial score (nSPS) is 9.72. The van der Waals surface area contributed by atoms with Gasteiger partial charge in [-0.05, 0) is 25.1 Å². The first-order chi connectivity index (χ1) is 8.58.